The Morgan fingerprint density at radius 1 is 1.05 bits per heavy atom. The summed E-state index contributed by atoms with van der Waals surface area (Å²) in [6, 6.07) is 7.41. The van der Waals surface area contributed by atoms with Gasteiger partial charge in [0.25, 0.3) is 0 Å². The van der Waals surface area contributed by atoms with Crippen LogP contribution in [0.2, 0.25) is 5.02 Å². The minimum absolute atomic E-state index is 0.0286. The third-order valence-corrected chi connectivity index (χ3v) is 2.88. The molecule has 0 heterocycles. The van der Waals surface area contributed by atoms with Crippen LogP contribution in [0.4, 0.5) is 8.78 Å². The largest absolute Gasteiger partial charge is 0.494 e. The third kappa shape index (κ3) is 2.74. The Hall–Kier alpha value is -1.94. The van der Waals surface area contributed by atoms with Crippen molar-refractivity contribution >= 4 is 17.4 Å². The highest BCUT2D eigenvalue weighted by Crippen LogP contribution is 2.22. The lowest BCUT2D eigenvalue weighted by atomic mass is 10.0. The number of carbonyl (C=O) groups is 1. The first-order valence-corrected chi connectivity index (χ1v) is 5.74. The number of carbonyl (C=O) groups excluding carboxylic acids is 1. The van der Waals surface area contributed by atoms with Gasteiger partial charge in [0.1, 0.15) is 5.82 Å². The Labute approximate surface area is 113 Å². The molecule has 0 aliphatic rings. The number of halogens is 3. The van der Waals surface area contributed by atoms with Gasteiger partial charge < -0.3 is 4.74 Å². The molecule has 0 fully saturated rings. The maximum absolute atomic E-state index is 13.2. The number of rotatable bonds is 3. The standard InChI is InChI=1S/C14H9ClF2O2/c1-19-13-7-9(3-5-12(13)17)14(18)8-2-4-11(16)10(15)6-8/h2-7H,1H3. The van der Waals surface area contributed by atoms with Gasteiger partial charge in [0.15, 0.2) is 17.3 Å². The molecule has 0 saturated heterocycles. The van der Waals surface area contributed by atoms with Crippen LogP contribution in [0.1, 0.15) is 15.9 Å². The van der Waals surface area contributed by atoms with E-state index < -0.39 is 11.6 Å². The molecule has 2 rings (SSSR count). The molecule has 0 saturated carbocycles. The molecule has 0 unspecified atom stereocenters. The van der Waals surface area contributed by atoms with Gasteiger partial charge in [0, 0.05) is 11.1 Å². The van der Waals surface area contributed by atoms with Crippen molar-refractivity contribution in [3.8, 4) is 5.75 Å². The molecule has 2 aromatic carbocycles. The molecule has 98 valence electrons. The summed E-state index contributed by atoms with van der Waals surface area (Å²) in [6.07, 6.45) is 0. The molecule has 0 amide bonds. The van der Waals surface area contributed by atoms with Gasteiger partial charge in [0.05, 0.1) is 12.1 Å². The normalized spacial score (nSPS) is 10.3. The summed E-state index contributed by atoms with van der Waals surface area (Å²) in [7, 11) is 1.31. The van der Waals surface area contributed by atoms with Crippen molar-refractivity contribution in [2.24, 2.45) is 0 Å². The maximum Gasteiger partial charge on any atom is 0.193 e. The Bertz CT molecular complexity index is 641. The molecule has 0 aromatic heterocycles. The second-order valence-corrected chi connectivity index (χ2v) is 4.21. The first-order valence-electron chi connectivity index (χ1n) is 5.36. The van der Waals surface area contributed by atoms with Crippen molar-refractivity contribution in [3.05, 3.63) is 64.2 Å². The molecule has 19 heavy (non-hydrogen) atoms. The lowest BCUT2D eigenvalue weighted by Gasteiger charge is -2.06. The minimum Gasteiger partial charge on any atom is -0.494 e. The lowest BCUT2D eigenvalue weighted by Crippen LogP contribution is -2.03. The van der Waals surface area contributed by atoms with Crippen LogP contribution in [0, 0.1) is 11.6 Å². The van der Waals surface area contributed by atoms with Crippen molar-refractivity contribution in [2.75, 3.05) is 7.11 Å². The van der Waals surface area contributed by atoms with Crippen LogP contribution in [-0.2, 0) is 0 Å². The number of ether oxygens (including phenoxy) is 1. The van der Waals surface area contributed by atoms with Crippen molar-refractivity contribution in [1.29, 1.82) is 0 Å². The Balaban J connectivity index is 2.41. The van der Waals surface area contributed by atoms with E-state index in [-0.39, 0.29) is 27.7 Å². The van der Waals surface area contributed by atoms with Crippen LogP contribution in [-0.4, -0.2) is 12.9 Å². The highest BCUT2D eigenvalue weighted by Gasteiger charge is 2.13. The summed E-state index contributed by atoms with van der Waals surface area (Å²) in [5.41, 5.74) is 0.459. The molecular weight excluding hydrogens is 274 g/mol. The molecule has 0 atom stereocenters. The van der Waals surface area contributed by atoms with Gasteiger partial charge >= 0.3 is 0 Å². The van der Waals surface area contributed by atoms with Crippen LogP contribution in [0.15, 0.2) is 36.4 Å². The number of benzene rings is 2. The average molecular weight is 283 g/mol. The fraction of sp³-hybridized carbons (Fsp3) is 0.0714. The Kier molecular flexibility index (Phi) is 3.81. The number of methoxy groups -OCH3 is 1. The van der Waals surface area contributed by atoms with Crippen molar-refractivity contribution < 1.29 is 18.3 Å². The van der Waals surface area contributed by atoms with E-state index in [0.29, 0.717) is 0 Å². The van der Waals surface area contributed by atoms with E-state index in [1.165, 1.54) is 31.4 Å². The van der Waals surface area contributed by atoms with Gasteiger partial charge in [-0.1, -0.05) is 11.6 Å². The first-order chi connectivity index (χ1) is 9.02. The molecule has 2 nitrogen and oxygen atoms in total. The van der Waals surface area contributed by atoms with Crippen LogP contribution < -0.4 is 4.74 Å². The molecule has 5 heteroatoms. The Morgan fingerprint density at radius 2 is 1.63 bits per heavy atom. The van der Waals surface area contributed by atoms with E-state index >= 15 is 0 Å². The minimum atomic E-state index is -0.602. The van der Waals surface area contributed by atoms with Crippen molar-refractivity contribution in [2.45, 2.75) is 0 Å². The van der Waals surface area contributed by atoms with Crippen LogP contribution in [0.5, 0.6) is 5.75 Å². The summed E-state index contributed by atoms with van der Waals surface area (Å²) in [5, 5.41) is -0.139. The molecule has 0 aliphatic carbocycles. The first kappa shape index (κ1) is 13.5. The zero-order valence-electron chi connectivity index (χ0n) is 9.91. The van der Waals surface area contributed by atoms with Gasteiger partial charge in [-0.2, -0.15) is 0 Å². The molecule has 0 radical (unpaired) electrons. The summed E-state index contributed by atoms with van der Waals surface area (Å²) in [6.45, 7) is 0. The summed E-state index contributed by atoms with van der Waals surface area (Å²) < 4.78 is 31.1. The van der Waals surface area contributed by atoms with Crippen LogP contribution >= 0.6 is 11.6 Å². The summed E-state index contributed by atoms with van der Waals surface area (Å²) >= 11 is 5.62. The predicted molar refractivity (Wildman–Crippen MR) is 67.8 cm³/mol. The molecule has 0 aliphatic heterocycles. The van der Waals surface area contributed by atoms with E-state index in [1.807, 2.05) is 0 Å². The quantitative estimate of drug-likeness (QED) is 0.799. The Morgan fingerprint density at radius 3 is 2.21 bits per heavy atom. The van der Waals surface area contributed by atoms with Gasteiger partial charge in [-0.15, -0.1) is 0 Å². The maximum atomic E-state index is 13.2. The fourth-order valence-corrected chi connectivity index (χ4v) is 1.79. The van der Waals surface area contributed by atoms with E-state index in [4.69, 9.17) is 16.3 Å². The van der Waals surface area contributed by atoms with E-state index in [1.54, 1.807) is 0 Å². The predicted octanol–water partition coefficient (Wildman–Crippen LogP) is 3.86. The molecule has 0 bridgehead atoms. The van der Waals surface area contributed by atoms with Crippen LogP contribution in [0.3, 0.4) is 0 Å². The smallest absolute Gasteiger partial charge is 0.193 e. The molecule has 0 N–H and O–H groups in total. The lowest BCUT2D eigenvalue weighted by molar-refractivity contribution is 0.103. The van der Waals surface area contributed by atoms with E-state index in [0.717, 1.165) is 12.1 Å². The highest BCUT2D eigenvalue weighted by molar-refractivity contribution is 6.31. The zero-order valence-corrected chi connectivity index (χ0v) is 10.7. The second-order valence-electron chi connectivity index (χ2n) is 3.81. The average Bonchev–Trinajstić information content (AvgIpc) is 2.41. The molecule has 0 spiro atoms. The summed E-state index contributed by atoms with van der Waals surface area (Å²) in [5.74, 6) is -1.58. The van der Waals surface area contributed by atoms with Crippen molar-refractivity contribution in [1.82, 2.24) is 0 Å². The van der Waals surface area contributed by atoms with Gasteiger partial charge in [0.2, 0.25) is 0 Å². The number of ketones is 1. The summed E-state index contributed by atoms with van der Waals surface area (Å²) in [4.78, 5) is 12.1. The fourth-order valence-electron chi connectivity index (χ4n) is 1.61. The second kappa shape index (κ2) is 5.36. The highest BCUT2D eigenvalue weighted by atomic mass is 35.5. The van der Waals surface area contributed by atoms with Gasteiger partial charge in [-0.3, -0.25) is 4.79 Å². The molecule has 2 aromatic rings. The number of hydrogen-bond acceptors (Lipinski definition) is 2. The van der Waals surface area contributed by atoms with Gasteiger partial charge in [-0.25, -0.2) is 8.78 Å². The zero-order chi connectivity index (χ0) is 14.0. The van der Waals surface area contributed by atoms with Crippen molar-refractivity contribution in [3.63, 3.8) is 0 Å². The van der Waals surface area contributed by atoms with Gasteiger partial charge in [-0.05, 0) is 36.4 Å². The monoisotopic (exact) mass is 282 g/mol. The molecular formula is C14H9ClF2O2. The topological polar surface area (TPSA) is 26.3 Å². The van der Waals surface area contributed by atoms with E-state index in [9.17, 15) is 13.6 Å². The SMILES string of the molecule is COc1cc(C(=O)c2ccc(F)c(Cl)c2)ccc1F. The van der Waals surface area contributed by atoms with E-state index in [2.05, 4.69) is 0 Å². The number of hydrogen-bond donors (Lipinski definition) is 0. The third-order valence-electron chi connectivity index (χ3n) is 2.60. The van der Waals surface area contributed by atoms with Crippen LogP contribution in [0.25, 0.3) is 0 Å².